The Morgan fingerprint density at radius 1 is 1.38 bits per heavy atom. The molecule has 0 bridgehead atoms. The molecule has 168 valence electrons. The molecule has 1 amide bonds. The van der Waals surface area contributed by atoms with Gasteiger partial charge in [-0.05, 0) is 50.1 Å². The number of anilines is 1. The van der Waals surface area contributed by atoms with Crippen molar-refractivity contribution in [2.24, 2.45) is 0 Å². The van der Waals surface area contributed by atoms with E-state index in [2.05, 4.69) is 25.2 Å². The van der Waals surface area contributed by atoms with Crippen LogP contribution in [0.25, 0.3) is 11.0 Å². The summed E-state index contributed by atoms with van der Waals surface area (Å²) in [5, 5.41) is 11.5. The fourth-order valence-corrected chi connectivity index (χ4v) is 4.15. The molecule has 1 saturated heterocycles. The van der Waals surface area contributed by atoms with E-state index in [0.29, 0.717) is 35.6 Å². The third-order valence-electron chi connectivity index (χ3n) is 5.48. The second-order valence-corrected chi connectivity index (χ2v) is 8.08. The van der Waals surface area contributed by atoms with Gasteiger partial charge in [0.1, 0.15) is 29.2 Å². The number of rotatable bonds is 7. The largest absolute Gasteiger partial charge is 0.493 e. The fraction of sp³-hybridized carbons (Fsp3) is 0.364. The van der Waals surface area contributed by atoms with Crippen LogP contribution in [0.2, 0.25) is 5.15 Å². The number of nitrogens with one attached hydrogen (secondary N) is 1. The van der Waals surface area contributed by atoms with Gasteiger partial charge in [-0.2, -0.15) is 0 Å². The van der Waals surface area contributed by atoms with Crippen LogP contribution in [0.3, 0.4) is 0 Å². The zero-order chi connectivity index (χ0) is 22.7. The number of ether oxygens (including phenoxy) is 1. The minimum absolute atomic E-state index is 0.122. The highest BCUT2D eigenvalue weighted by atomic mass is 35.5. The molecule has 0 aliphatic carbocycles. The number of pyridine rings is 1. The molecule has 10 heteroatoms. The first-order valence-electron chi connectivity index (χ1n) is 10.4. The molecule has 0 unspecified atom stereocenters. The average molecular weight is 460 g/mol. The minimum atomic E-state index is -1.07. The van der Waals surface area contributed by atoms with Gasteiger partial charge >= 0.3 is 6.09 Å². The van der Waals surface area contributed by atoms with Gasteiger partial charge in [0.05, 0.1) is 18.2 Å². The SMILES string of the molecule is C[C@H](CCOc1ccc(F)cc1[C@H]1CCCN1c1ccc2ncnc(Cl)c2n1)NC(=O)O. The number of amides is 1. The maximum absolute atomic E-state index is 14.2. The molecule has 0 spiro atoms. The Morgan fingerprint density at radius 2 is 2.22 bits per heavy atom. The van der Waals surface area contributed by atoms with E-state index in [9.17, 15) is 9.18 Å². The molecule has 32 heavy (non-hydrogen) atoms. The average Bonchev–Trinajstić information content (AvgIpc) is 3.24. The van der Waals surface area contributed by atoms with Gasteiger partial charge in [-0.25, -0.2) is 24.1 Å². The summed E-state index contributed by atoms with van der Waals surface area (Å²) in [5.74, 6) is 0.946. The Bertz CT molecular complexity index is 1130. The molecule has 1 aliphatic heterocycles. The van der Waals surface area contributed by atoms with E-state index in [-0.39, 0.29) is 23.1 Å². The second-order valence-electron chi connectivity index (χ2n) is 7.72. The van der Waals surface area contributed by atoms with Crippen LogP contribution in [0, 0.1) is 5.82 Å². The molecule has 1 aliphatic rings. The molecule has 2 N–H and O–H groups in total. The molecule has 2 aromatic heterocycles. The first-order valence-corrected chi connectivity index (χ1v) is 10.8. The summed E-state index contributed by atoms with van der Waals surface area (Å²) in [5.41, 5.74) is 1.91. The van der Waals surface area contributed by atoms with Crippen LogP contribution >= 0.6 is 11.6 Å². The molecule has 4 rings (SSSR count). The molecule has 0 radical (unpaired) electrons. The third kappa shape index (κ3) is 4.83. The molecule has 2 atom stereocenters. The monoisotopic (exact) mass is 459 g/mol. The van der Waals surface area contributed by atoms with Crippen molar-refractivity contribution in [3.8, 4) is 5.75 Å². The Kier molecular flexibility index (Phi) is 6.55. The van der Waals surface area contributed by atoms with Gasteiger partial charge in [-0.1, -0.05) is 11.6 Å². The van der Waals surface area contributed by atoms with Crippen LogP contribution in [-0.4, -0.2) is 45.3 Å². The van der Waals surface area contributed by atoms with Crippen molar-refractivity contribution < 1.29 is 19.0 Å². The smallest absolute Gasteiger partial charge is 0.404 e. The number of aromatic nitrogens is 3. The topological polar surface area (TPSA) is 100 Å². The summed E-state index contributed by atoms with van der Waals surface area (Å²) in [6, 6.07) is 7.83. The van der Waals surface area contributed by atoms with Crippen molar-refractivity contribution >= 4 is 34.5 Å². The van der Waals surface area contributed by atoms with Crippen molar-refractivity contribution in [1.82, 2.24) is 20.3 Å². The third-order valence-corrected chi connectivity index (χ3v) is 5.76. The van der Waals surface area contributed by atoms with Gasteiger partial charge in [-0.15, -0.1) is 0 Å². The van der Waals surface area contributed by atoms with Crippen molar-refractivity contribution in [2.45, 2.75) is 38.3 Å². The predicted molar refractivity (Wildman–Crippen MR) is 119 cm³/mol. The number of benzene rings is 1. The molecule has 3 heterocycles. The van der Waals surface area contributed by atoms with Crippen LogP contribution in [0.1, 0.15) is 37.8 Å². The summed E-state index contributed by atoms with van der Waals surface area (Å²) < 4.78 is 20.1. The zero-order valence-corrected chi connectivity index (χ0v) is 18.2. The van der Waals surface area contributed by atoms with Gasteiger partial charge in [0.25, 0.3) is 0 Å². The quantitative estimate of drug-likeness (QED) is 0.498. The molecule has 3 aromatic rings. The highest BCUT2D eigenvalue weighted by molar-refractivity contribution is 6.33. The standard InChI is InChI=1S/C22H23ClFN5O3/c1-13(27-22(30)31)8-10-32-18-6-4-14(24)11-15(18)17-3-2-9-29(17)19-7-5-16-20(28-19)21(23)26-12-25-16/h4-7,11-13,17,27H,2-3,8-10H2,1H3,(H,30,31)/t13-,17-/m1/s1. The van der Waals surface area contributed by atoms with Crippen LogP contribution in [0.4, 0.5) is 15.0 Å². The molecule has 1 fully saturated rings. The number of halogens is 2. The molecule has 8 nitrogen and oxygen atoms in total. The maximum atomic E-state index is 14.2. The van der Waals surface area contributed by atoms with E-state index < -0.39 is 6.09 Å². The van der Waals surface area contributed by atoms with Gasteiger partial charge in [0, 0.05) is 24.6 Å². The van der Waals surface area contributed by atoms with Gasteiger partial charge in [0.15, 0.2) is 5.15 Å². The number of hydrogen-bond donors (Lipinski definition) is 2. The van der Waals surface area contributed by atoms with E-state index in [1.54, 1.807) is 13.0 Å². The molecule has 1 aromatic carbocycles. The van der Waals surface area contributed by atoms with Crippen molar-refractivity contribution in [3.05, 3.63) is 53.2 Å². The molecule has 0 saturated carbocycles. The number of nitrogens with zero attached hydrogens (tertiary/aromatic N) is 4. The molecular weight excluding hydrogens is 437 g/mol. The lowest BCUT2D eigenvalue weighted by Crippen LogP contribution is -2.32. The van der Waals surface area contributed by atoms with Gasteiger partial charge in [-0.3, -0.25) is 0 Å². The maximum Gasteiger partial charge on any atom is 0.404 e. The fourth-order valence-electron chi connectivity index (χ4n) is 3.96. The highest BCUT2D eigenvalue weighted by Gasteiger charge is 2.30. The predicted octanol–water partition coefficient (Wildman–Crippen LogP) is 4.58. The van der Waals surface area contributed by atoms with Crippen LogP contribution in [0.5, 0.6) is 5.75 Å². The second kappa shape index (κ2) is 9.52. The van der Waals surface area contributed by atoms with Gasteiger partial charge < -0.3 is 20.1 Å². The van der Waals surface area contributed by atoms with E-state index in [1.807, 2.05) is 12.1 Å². The first kappa shape index (κ1) is 22.0. The highest BCUT2D eigenvalue weighted by Crippen LogP contribution is 2.40. The van der Waals surface area contributed by atoms with Crippen LogP contribution < -0.4 is 15.0 Å². The van der Waals surface area contributed by atoms with E-state index >= 15 is 0 Å². The van der Waals surface area contributed by atoms with Gasteiger partial charge in [0.2, 0.25) is 0 Å². The lowest BCUT2D eigenvalue weighted by atomic mass is 10.0. The number of fused-ring (bicyclic) bond motifs is 1. The summed E-state index contributed by atoms with van der Waals surface area (Å²) in [7, 11) is 0. The molecular formula is C22H23ClFN5O3. The van der Waals surface area contributed by atoms with Crippen molar-refractivity contribution in [2.75, 3.05) is 18.1 Å². The number of hydrogen-bond acceptors (Lipinski definition) is 6. The number of carbonyl (C=O) groups is 1. The summed E-state index contributed by atoms with van der Waals surface area (Å²) in [4.78, 5) is 25.7. The Hall–Kier alpha value is -3.20. The van der Waals surface area contributed by atoms with Crippen LogP contribution in [0.15, 0.2) is 36.7 Å². The normalized spacial score (nSPS) is 16.8. The van der Waals surface area contributed by atoms with E-state index in [0.717, 1.165) is 24.9 Å². The van der Waals surface area contributed by atoms with E-state index in [4.69, 9.17) is 21.4 Å². The summed E-state index contributed by atoms with van der Waals surface area (Å²) in [6.45, 7) is 2.82. The number of carboxylic acid groups (broad SMARTS) is 1. The Balaban J connectivity index is 1.58. The zero-order valence-electron chi connectivity index (χ0n) is 17.5. The summed E-state index contributed by atoms with van der Waals surface area (Å²) in [6.07, 6.45) is 2.54. The summed E-state index contributed by atoms with van der Waals surface area (Å²) >= 11 is 6.21. The lowest BCUT2D eigenvalue weighted by molar-refractivity contribution is 0.188. The first-order chi connectivity index (χ1) is 15.4. The Morgan fingerprint density at radius 3 is 3.03 bits per heavy atom. The minimum Gasteiger partial charge on any atom is -0.493 e. The van der Waals surface area contributed by atoms with Crippen molar-refractivity contribution in [3.63, 3.8) is 0 Å². The van der Waals surface area contributed by atoms with Crippen molar-refractivity contribution in [1.29, 1.82) is 0 Å². The lowest BCUT2D eigenvalue weighted by Gasteiger charge is -2.28. The van der Waals surface area contributed by atoms with Crippen LogP contribution in [-0.2, 0) is 0 Å². The van der Waals surface area contributed by atoms with E-state index in [1.165, 1.54) is 18.5 Å². The Labute approximate surface area is 189 Å².